The summed E-state index contributed by atoms with van der Waals surface area (Å²) in [5.41, 5.74) is 0.774. The second-order valence-corrected chi connectivity index (χ2v) is 4.86. The molecule has 0 atom stereocenters. The molecule has 0 aliphatic carbocycles. The Hall–Kier alpha value is -1.04. The Kier molecular flexibility index (Phi) is 4.27. The van der Waals surface area contributed by atoms with Crippen molar-refractivity contribution in [1.29, 1.82) is 0 Å². The van der Waals surface area contributed by atoms with Crippen LogP contribution < -0.4 is 10.1 Å². The maximum absolute atomic E-state index is 6.03. The zero-order valence-corrected chi connectivity index (χ0v) is 12.3. The minimum atomic E-state index is 0.340. The van der Waals surface area contributed by atoms with E-state index in [1.54, 1.807) is 19.2 Å². The van der Waals surface area contributed by atoms with Crippen LogP contribution in [0.1, 0.15) is 0 Å². The summed E-state index contributed by atoms with van der Waals surface area (Å²) in [7, 11) is 1.56. The lowest BCUT2D eigenvalue weighted by Crippen LogP contribution is -1.96. The summed E-state index contributed by atoms with van der Waals surface area (Å²) in [5.74, 6) is 1.18. The van der Waals surface area contributed by atoms with Gasteiger partial charge in [0, 0.05) is 5.69 Å². The zero-order chi connectivity index (χ0) is 13.1. The molecule has 7 heteroatoms. The van der Waals surface area contributed by atoms with E-state index in [2.05, 4.69) is 31.2 Å². The fourth-order valence-electron chi connectivity index (χ4n) is 1.32. The number of halogens is 3. The first kappa shape index (κ1) is 13.4. The van der Waals surface area contributed by atoms with E-state index in [1.165, 1.54) is 6.33 Å². The van der Waals surface area contributed by atoms with Gasteiger partial charge >= 0.3 is 0 Å². The minimum absolute atomic E-state index is 0.340. The third-order valence-corrected chi connectivity index (χ3v) is 3.72. The van der Waals surface area contributed by atoms with Crippen molar-refractivity contribution in [3.63, 3.8) is 0 Å². The van der Waals surface area contributed by atoms with Crippen molar-refractivity contribution >= 4 is 50.6 Å². The van der Waals surface area contributed by atoms with Gasteiger partial charge in [-0.2, -0.15) is 0 Å². The van der Waals surface area contributed by atoms with Gasteiger partial charge in [0.05, 0.1) is 16.6 Å². The molecule has 1 aromatic carbocycles. The first-order valence-electron chi connectivity index (χ1n) is 4.88. The number of nitrogens with zero attached hydrogens (tertiary/aromatic N) is 2. The zero-order valence-electron chi connectivity index (χ0n) is 9.25. The van der Waals surface area contributed by atoms with Crippen molar-refractivity contribution in [2.45, 2.75) is 0 Å². The van der Waals surface area contributed by atoms with E-state index >= 15 is 0 Å². The highest BCUT2D eigenvalue weighted by atomic mass is 79.9. The lowest BCUT2D eigenvalue weighted by Gasteiger charge is -2.09. The van der Waals surface area contributed by atoms with Gasteiger partial charge in [-0.3, -0.25) is 0 Å². The molecule has 0 fully saturated rings. The van der Waals surface area contributed by atoms with Gasteiger partial charge in [0.2, 0.25) is 0 Å². The summed E-state index contributed by atoms with van der Waals surface area (Å²) in [6.07, 6.45) is 1.38. The van der Waals surface area contributed by atoms with Crippen LogP contribution in [0.25, 0.3) is 0 Å². The number of benzene rings is 1. The van der Waals surface area contributed by atoms with Crippen molar-refractivity contribution in [2.24, 2.45) is 0 Å². The summed E-state index contributed by atoms with van der Waals surface area (Å²) < 4.78 is 5.67. The van der Waals surface area contributed by atoms with Crippen LogP contribution in [-0.2, 0) is 0 Å². The van der Waals surface area contributed by atoms with Gasteiger partial charge in [-0.05, 0) is 34.1 Å². The molecule has 0 saturated carbocycles. The lowest BCUT2D eigenvalue weighted by molar-refractivity contribution is 0.415. The number of anilines is 2. The van der Waals surface area contributed by atoms with E-state index in [-0.39, 0.29) is 0 Å². The molecule has 0 amide bonds. The van der Waals surface area contributed by atoms with Crippen molar-refractivity contribution in [1.82, 2.24) is 9.97 Å². The van der Waals surface area contributed by atoms with Crippen molar-refractivity contribution in [3.05, 3.63) is 39.2 Å². The maximum Gasteiger partial charge on any atom is 0.149 e. The standard InChI is InChI=1S/C11H8BrCl2N3O/c1-18-8-3-2-6(4-7(8)13)17-11-9(12)10(14)15-5-16-11/h2-5H,1H3,(H,15,16,17). The van der Waals surface area contributed by atoms with Crippen LogP contribution >= 0.6 is 39.1 Å². The average molecular weight is 349 g/mol. The third-order valence-electron chi connectivity index (χ3n) is 2.16. The Bertz CT molecular complexity index is 580. The molecule has 94 valence electrons. The monoisotopic (exact) mass is 347 g/mol. The maximum atomic E-state index is 6.03. The molecule has 4 nitrogen and oxygen atoms in total. The van der Waals surface area contributed by atoms with Crippen LogP contribution in [0.15, 0.2) is 29.0 Å². The van der Waals surface area contributed by atoms with E-state index in [4.69, 9.17) is 27.9 Å². The Balaban J connectivity index is 2.29. The predicted molar refractivity (Wildman–Crippen MR) is 76.0 cm³/mol. The van der Waals surface area contributed by atoms with Gasteiger partial charge in [0.25, 0.3) is 0 Å². The number of nitrogens with one attached hydrogen (secondary N) is 1. The summed E-state index contributed by atoms with van der Waals surface area (Å²) >= 11 is 15.2. The molecule has 0 radical (unpaired) electrons. The first-order valence-corrected chi connectivity index (χ1v) is 6.43. The quantitative estimate of drug-likeness (QED) is 0.840. The molecule has 0 aliphatic rings. The molecule has 18 heavy (non-hydrogen) atoms. The topological polar surface area (TPSA) is 47.0 Å². The van der Waals surface area contributed by atoms with E-state index in [9.17, 15) is 0 Å². The average Bonchev–Trinajstić information content (AvgIpc) is 2.35. The molecule has 1 aromatic heterocycles. The number of hydrogen-bond acceptors (Lipinski definition) is 4. The highest BCUT2D eigenvalue weighted by Gasteiger charge is 2.08. The summed E-state index contributed by atoms with van der Waals surface area (Å²) in [6.45, 7) is 0. The van der Waals surface area contributed by atoms with Gasteiger partial charge in [-0.15, -0.1) is 0 Å². The van der Waals surface area contributed by atoms with E-state index in [1.807, 2.05) is 6.07 Å². The second-order valence-electron chi connectivity index (χ2n) is 3.30. The largest absolute Gasteiger partial charge is 0.495 e. The van der Waals surface area contributed by atoms with Gasteiger partial charge in [0.15, 0.2) is 0 Å². The summed E-state index contributed by atoms with van der Waals surface area (Å²) in [4.78, 5) is 7.93. The normalized spacial score (nSPS) is 10.2. The van der Waals surface area contributed by atoms with E-state index in [0.717, 1.165) is 5.69 Å². The molecule has 0 spiro atoms. The molecular weight excluding hydrogens is 341 g/mol. The minimum Gasteiger partial charge on any atom is -0.495 e. The summed E-state index contributed by atoms with van der Waals surface area (Å²) in [6, 6.07) is 5.33. The van der Waals surface area contributed by atoms with Crippen molar-refractivity contribution < 1.29 is 4.74 Å². The predicted octanol–water partition coefficient (Wildman–Crippen LogP) is 4.30. The molecule has 0 aliphatic heterocycles. The van der Waals surface area contributed by atoms with Crippen molar-refractivity contribution in [2.75, 3.05) is 12.4 Å². The Morgan fingerprint density at radius 1 is 1.28 bits per heavy atom. The molecule has 2 aromatic rings. The Morgan fingerprint density at radius 3 is 2.72 bits per heavy atom. The SMILES string of the molecule is COc1ccc(Nc2ncnc(Cl)c2Br)cc1Cl. The number of methoxy groups -OCH3 is 1. The molecule has 2 rings (SSSR count). The summed E-state index contributed by atoms with van der Waals surface area (Å²) in [5, 5.41) is 3.94. The highest BCUT2D eigenvalue weighted by molar-refractivity contribution is 9.10. The Labute approximate surface area is 122 Å². The molecule has 1 N–H and O–H groups in total. The van der Waals surface area contributed by atoms with Gasteiger partial charge in [0.1, 0.15) is 23.0 Å². The second kappa shape index (κ2) is 5.73. The third kappa shape index (κ3) is 2.85. The fourth-order valence-corrected chi connectivity index (χ4v) is 2.01. The van der Waals surface area contributed by atoms with Gasteiger partial charge in [-0.1, -0.05) is 23.2 Å². The van der Waals surface area contributed by atoms with E-state index < -0.39 is 0 Å². The van der Waals surface area contributed by atoms with Gasteiger partial charge < -0.3 is 10.1 Å². The van der Waals surface area contributed by atoms with Gasteiger partial charge in [-0.25, -0.2) is 9.97 Å². The first-order chi connectivity index (χ1) is 8.61. The molecule has 0 unspecified atom stereocenters. The number of aromatic nitrogens is 2. The van der Waals surface area contributed by atoms with Crippen LogP contribution in [-0.4, -0.2) is 17.1 Å². The highest BCUT2D eigenvalue weighted by Crippen LogP contribution is 2.31. The lowest BCUT2D eigenvalue weighted by atomic mass is 10.3. The molecule has 0 saturated heterocycles. The fraction of sp³-hybridized carbons (Fsp3) is 0.0909. The number of hydrogen-bond donors (Lipinski definition) is 1. The van der Waals surface area contributed by atoms with Crippen LogP contribution in [0.4, 0.5) is 11.5 Å². The van der Waals surface area contributed by atoms with Crippen molar-refractivity contribution in [3.8, 4) is 5.75 Å². The van der Waals surface area contributed by atoms with Crippen LogP contribution in [0.2, 0.25) is 10.2 Å². The smallest absolute Gasteiger partial charge is 0.149 e. The number of ether oxygens (including phenoxy) is 1. The van der Waals surface area contributed by atoms with E-state index in [0.29, 0.717) is 26.2 Å². The molecular formula is C11H8BrCl2N3O. The van der Waals surface area contributed by atoms with Crippen LogP contribution in [0.5, 0.6) is 5.75 Å². The Morgan fingerprint density at radius 2 is 2.06 bits per heavy atom. The molecule has 1 heterocycles. The van der Waals surface area contributed by atoms with Crippen LogP contribution in [0, 0.1) is 0 Å². The molecule has 0 bridgehead atoms. The van der Waals surface area contributed by atoms with Crippen LogP contribution in [0.3, 0.4) is 0 Å². The number of rotatable bonds is 3.